The van der Waals surface area contributed by atoms with Crippen LogP contribution in [0.4, 0.5) is 0 Å². The van der Waals surface area contributed by atoms with E-state index in [1.807, 2.05) is 13.0 Å². The molecule has 4 nitrogen and oxygen atoms in total. The topological polar surface area (TPSA) is 39.9 Å². The first kappa shape index (κ1) is 11.9. The van der Waals surface area contributed by atoms with Crippen LogP contribution in [0.3, 0.4) is 0 Å². The van der Waals surface area contributed by atoms with Gasteiger partial charge < -0.3 is 9.30 Å². The zero-order valence-electron chi connectivity index (χ0n) is 10.3. The van der Waals surface area contributed by atoms with Gasteiger partial charge in [0.15, 0.2) is 0 Å². The standard InChI is InChI=1S/C13H16ClN3O/c1-9(14)13-16-11-6-15-4-2-12(11)17(13)7-10-3-5-18-8-10/h2,4,6,9-10H,3,5,7-8H2,1H3. The molecule has 96 valence electrons. The van der Waals surface area contributed by atoms with Crippen LogP contribution in [-0.4, -0.2) is 27.7 Å². The minimum absolute atomic E-state index is 0.0975. The van der Waals surface area contributed by atoms with Gasteiger partial charge >= 0.3 is 0 Å². The predicted octanol–water partition coefficient (Wildman–Crippen LogP) is 2.77. The van der Waals surface area contributed by atoms with Crippen LogP contribution in [0.25, 0.3) is 11.0 Å². The lowest BCUT2D eigenvalue weighted by Crippen LogP contribution is -2.13. The van der Waals surface area contributed by atoms with Crippen LogP contribution < -0.4 is 0 Å². The average molecular weight is 266 g/mol. The van der Waals surface area contributed by atoms with Gasteiger partial charge in [-0.2, -0.15) is 0 Å². The van der Waals surface area contributed by atoms with Gasteiger partial charge in [0.1, 0.15) is 11.3 Å². The second-order valence-corrected chi connectivity index (χ2v) is 5.45. The van der Waals surface area contributed by atoms with Crippen LogP contribution in [0, 0.1) is 5.92 Å². The third-order valence-electron chi connectivity index (χ3n) is 3.40. The van der Waals surface area contributed by atoms with Crippen molar-refractivity contribution in [3.8, 4) is 0 Å². The smallest absolute Gasteiger partial charge is 0.127 e. The van der Waals surface area contributed by atoms with E-state index < -0.39 is 0 Å². The van der Waals surface area contributed by atoms with E-state index in [4.69, 9.17) is 16.3 Å². The Morgan fingerprint density at radius 3 is 3.22 bits per heavy atom. The van der Waals surface area contributed by atoms with Gasteiger partial charge in [-0.05, 0) is 19.4 Å². The number of alkyl halides is 1. The summed E-state index contributed by atoms with van der Waals surface area (Å²) in [7, 11) is 0. The van der Waals surface area contributed by atoms with E-state index in [0.29, 0.717) is 5.92 Å². The highest BCUT2D eigenvalue weighted by atomic mass is 35.5. The van der Waals surface area contributed by atoms with Gasteiger partial charge in [-0.15, -0.1) is 11.6 Å². The minimum Gasteiger partial charge on any atom is -0.381 e. The summed E-state index contributed by atoms with van der Waals surface area (Å²) in [6.07, 6.45) is 4.70. The lowest BCUT2D eigenvalue weighted by Gasteiger charge is -2.14. The molecule has 1 fully saturated rings. The molecule has 1 aliphatic heterocycles. The maximum Gasteiger partial charge on any atom is 0.127 e. The first-order valence-electron chi connectivity index (χ1n) is 6.27. The molecule has 2 aromatic rings. The van der Waals surface area contributed by atoms with Crippen molar-refractivity contribution in [1.82, 2.24) is 14.5 Å². The van der Waals surface area contributed by atoms with E-state index in [9.17, 15) is 0 Å². The number of hydrogen-bond donors (Lipinski definition) is 0. The van der Waals surface area contributed by atoms with Crippen molar-refractivity contribution in [3.63, 3.8) is 0 Å². The molecule has 1 aliphatic rings. The van der Waals surface area contributed by atoms with Gasteiger partial charge in [0.25, 0.3) is 0 Å². The van der Waals surface area contributed by atoms with Gasteiger partial charge in [0.2, 0.25) is 0 Å². The molecule has 2 aromatic heterocycles. The molecule has 2 unspecified atom stereocenters. The number of hydrogen-bond acceptors (Lipinski definition) is 3. The van der Waals surface area contributed by atoms with Crippen LogP contribution in [0.1, 0.15) is 24.5 Å². The lowest BCUT2D eigenvalue weighted by atomic mass is 10.1. The quantitative estimate of drug-likeness (QED) is 0.801. The maximum absolute atomic E-state index is 6.23. The Kier molecular flexibility index (Phi) is 3.22. The van der Waals surface area contributed by atoms with Crippen LogP contribution in [0.2, 0.25) is 0 Å². The van der Waals surface area contributed by atoms with E-state index in [-0.39, 0.29) is 5.38 Å². The third-order valence-corrected chi connectivity index (χ3v) is 3.60. The zero-order chi connectivity index (χ0) is 12.5. The molecule has 0 aliphatic carbocycles. The van der Waals surface area contributed by atoms with Crippen molar-refractivity contribution in [2.75, 3.05) is 13.2 Å². The van der Waals surface area contributed by atoms with Crippen molar-refractivity contribution in [3.05, 3.63) is 24.3 Å². The number of nitrogens with zero attached hydrogens (tertiary/aromatic N) is 3. The summed E-state index contributed by atoms with van der Waals surface area (Å²) in [6.45, 7) is 4.58. The largest absolute Gasteiger partial charge is 0.381 e. The number of pyridine rings is 1. The molecule has 2 atom stereocenters. The number of rotatable bonds is 3. The van der Waals surface area contributed by atoms with E-state index in [1.54, 1.807) is 12.4 Å². The minimum atomic E-state index is -0.0975. The summed E-state index contributed by atoms with van der Waals surface area (Å²) in [5.41, 5.74) is 2.03. The second kappa shape index (κ2) is 4.86. The molecule has 0 bridgehead atoms. The molecule has 0 N–H and O–H groups in total. The first-order valence-corrected chi connectivity index (χ1v) is 6.71. The molecule has 1 saturated heterocycles. The number of aromatic nitrogens is 3. The molecule has 18 heavy (non-hydrogen) atoms. The Labute approximate surface area is 111 Å². The number of halogens is 1. The monoisotopic (exact) mass is 265 g/mol. The van der Waals surface area contributed by atoms with E-state index in [2.05, 4.69) is 14.5 Å². The van der Waals surface area contributed by atoms with Crippen molar-refractivity contribution in [2.45, 2.75) is 25.3 Å². The maximum atomic E-state index is 6.23. The fourth-order valence-electron chi connectivity index (χ4n) is 2.48. The summed E-state index contributed by atoms with van der Waals surface area (Å²) in [5.74, 6) is 1.48. The molecule has 0 radical (unpaired) electrons. The average Bonchev–Trinajstić information content (AvgIpc) is 2.98. The Hall–Kier alpha value is -1.13. The summed E-state index contributed by atoms with van der Waals surface area (Å²) in [6, 6.07) is 2.00. The summed E-state index contributed by atoms with van der Waals surface area (Å²) < 4.78 is 7.66. The molecule has 5 heteroatoms. The molecular weight excluding hydrogens is 250 g/mol. The highest BCUT2D eigenvalue weighted by Crippen LogP contribution is 2.26. The van der Waals surface area contributed by atoms with E-state index >= 15 is 0 Å². The van der Waals surface area contributed by atoms with Crippen molar-refractivity contribution < 1.29 is 4.74 Å². The van der Waals surface area contributed by atoms with Gasteiger partial charge in [-0.3, -0.25) is 4.98 Å². The van der Waals surface area contributed by atoms with Crippen molar-refractivity contribution >= 4 is 22.6 Å². The number of fused-ring (bicyclic) bond motifs is 1. The predicted molar refractivity (Wildman–Crippen MR) is 70.7 cm³/mol. The lowest BCUT2D eigenvalue weighted by molar-refractivity contribution is 0.182. The van der Waals surface area contributed by atoms with Crippen LogP contribution in [-0.2, 0) is 11.3 Å². The molecular formula is C13H16ClN3O. The summed E-state index contributed by atoms with van der Waals surface area (Å²) in [5, 5.41) is -0.0975. The van der Waals surface area contributed by atoms with Gasteiger partial charge in [-0.25, -0.2) is 4.98 Å². The summed E-state index contributed by atoms with van der Waals surface area (Å²) >= 11 is 6.23. The molecule has 0 aromatic carbocycles. The van der Waals surface area contributed by atoms with Gasteiger partial charge in [-0.1, -0.05) is 0 Å². The highest BCUT2D eigenvalue weighted by Gasteiger charge is 2.21. The van der Waals surface area contributed by atoms with Gasteiger partial charge in [0, 0.05) is 25.3 Å². The highest BCUT2D eigenvalue weighted by molar-refractivity contribution is 6.20. The van der Waals surface area contributed by atoms with Crippen LogP contribution >= 0.6 is 11.6 Å². The summed E-state index contributed by atoms with van der Waals surface area (Å²) in [4.78, 5) is 8.70. The SMILES string of the molecule is CC(Cl)c1nc2cnccc2n1CC1CCOC1. The zero-order valence-corrected chi connectivity index (χ0v) is 11.1. The number of imidazole rings is 1. The fourth-order valence-corrected chi connectivity index (χ4v) is 2.65. The Bertz CT molecular complexity index is 546. The number of ether oxygens (including phenoxy) is 1. The Morgan fingerprint density at radius 2 is 2.50 bits per heavy atom. The Balaban J connectivity index is 2.03. The fraction of sp³-hybridized carbons (Fsp3) is 0.538. The van der Waals surface area contributed by atoms with Gasteiger partial charge in [0.05, 0.1) is 23.7 Å². The van der Waals surface area contributed by atoms with E-state index in [0.717, 1.165) is 43.0 Å². The first-order chi connectivity index (χ1) is 8.75. The molecule has 0 spiro atoms. The Morgan fingerprint density at radius 1 is 1.61 bits per heavy atom. The van der Waals surface area contributed by atoms with Crippen molar-refractivity contribution in [2.24, 2.45) is 5.92 Å². The second-order valence-electron chi connectivity index (χ2n) is 4.79. The molecule has 3 heterocycles. The van der Waals surface area contributed by atoms with Crippen LogP contribution in [0.5, 0.6) is 0 Å². The van der Waals surface area contributed by atoms with Crippen LogP contribution in [0.15, 0.2) is 18.5 Å². The van der Waals surface area contributed by atoms with Crippen molar-refractivity contribution in [1.29, 1.82) is 0 Å². The molecule has 0 saturated carbocycles. The van der Waals surface area contributed by atoms with E-state index in [1.165, 1.54) is 0 Å². The molecule has 0 amide bonds. The third kappa shape index (κ3) is 2.10. The molecule has 3 rings (SSSR count). The normalized spacial score (nSPS) is 21.6.